The monoisotopic (exact) mass is 316 g/mol. The second-order valence-electron chi connectivity index (χ2n) is 4.27. The molecule has 0 spiro atoms. The number of amides is 1. The van der Waals surface area contributed by atoms with Crippen LogP contribution >= 0.6 is 23.1 Å². The highest BCUT2D eigenvalue weighted by Gasteiger charge is 2.33. The van der Waals surface area contributed by atoms with Gasteiger partial charge in [-0.25, -0.2) is 0 Å². The van der Waals surface area contributed by atoms with Crippen molar-refractivity contribution in [3.8, 4) is 5.75 Å². The molecule has 0 bridgehead atoms. The van der Waals surface area contributed by atoms with Gasteiger partial charge in [0.15, 0.2) is 5.17 Å². The Hall–Kier alpha value is -2.05. The van der Waals surface area contributed by atoms with E-state index < -0.39 is 0 Å². The lowest BCUT2D eigenvalue weighted by Crippen LogP contribution is -2.27. The number of carbonyl (C=O) groups is 1. The summed E-state index contributed by atoms with van der Waals surface area (Å²) in [5.74, 6) is 0.558. The van der Waals surface area contributed by atoms with Crippen LogP contribution < -0.4 is 9.64 Å². The minimum atomic E-state index is -0.163. The summed E-state index contributed by atoms with van der Waals surface area (Å²) >= 11 is 2.75. The first-order valence-corrected chi connectivity index (χ1v) is 7.89. The van der Waals surface area contributed by atoms with Gasteiger partial charge in [-0.15, -0.1) is 11.3 Å². The number of thiophene rings is 1. The Kier molecular flexibility index (Phi) is 3.81. The first-order valence-electron chi connectivity index (χ1n) is 6.19. The van der Waals surface area contributed by atoms with Crippen LogP contribution in [0.25, 0.3) is 6.08 Å². The van der Waals surface area contributed by atoms with Crippen LogP contribution in [0.5, 0.6) is 5.75 Å². The zero-order chi connectivity index (χ0) is 14.8. The molecule has 1 aliphatic heterocycles. The molecule has 1 aliphatic rings. The van der Waals surface area contributed by atoms with Crippen LogP contribution in [0.4, 0.5) is 5.69 Å². The number of benzene rings is 1. The summed E-state index contributed by atoms with van der Waals surface area (Å²) in [6, 6.07) is 11.0. The molecule has 3 rings (SSSR count). The number of hydrogen-bond donors (Lipinski definition) is 1. The molecule has 0 unspecified atom stereocenters. The van der Waals surface area contributed by atoms with E-state index in [0.717, 1.165) is 10.6 Å². The summed E-state index contributed by atoms with van der Waals surface area (Å²) in [5, 5.41) is 10.2. The minimum absolute atomic E-state index is 0.163. The van der Waals surface area contributed by atoms with E-state index in [0.29, 0.717) is 10.6 Å². The number of thioether (sulfide) groups is 1. The molecule has 0 aliphatic carbocycles. The van der Waals surface area contributed by atoms with Gasteiger partial charge >= 0.3 is 0 Å². The van der Waals surface area contributed by atoms with Gasteiger partial charge in [0, 0.05) is 4.88 Å². The molecule has 1 saturated heterocycles. The largest absolute Gasteiger partial charge is 0.497 e. The highest BCUT2D eigenvalue weighted by atomic mass is 32.2. The van der Waals surface area contributed by atoms with Gasteiger partial charge in [0.25, 0.3) is 5.91 Å². The maximum Gasteiger partial charge on any atom is 0.271 e. The normalized spacial score (nSPS) is 16.8. The average molecular weight is 316 g/mol. The summed E-state index contributed by atoms with van der Waals surface area (Å²) in [6.07, 6.45) is 1.83. The molecule has 21 heavy (non-hydrogen) atoms. The van der Waals surface area contributed by atoms with Crippen LogP contribution in [0.3, 0.4) is 0 Å². The van der Waals surface area contributed by atoms with E-state index in [2.05, 4.69) is 0 Å². The second kappa shape index (κ2) is 5.75. The first kappa shape index (κ1) is 13.9. The van der Waals surface area contributed by atoms with Gasteiger partial charge in [-0.3, -0.25) is 15.1 Å². The van der Waals surface area contributed by atoms with E-state index in [1.165, 1.54) is 16.7 Å². The molecule has 106 valence electrons. The maximum atomic E-state index is 12.5. The summed E-state index contributed by atoms with van der Waals surface area (Å²) < 4.78 is 5.10. The van der Waals surface area contributed by atoms with Crippen LogP contribution in [0, 0.1) is 5.41 Å². The highest BCUT2D eigenvalue weighted by molar-refractivity contribution is 8.19. The van der Waals surface area contributed by atoms with Crippen molar-refractivity contribution >= 4 is 45.9 Å². The summed E-state index contributed by atoms with van der Waals surface area (Å²) in [5.41, 5.74) is 0.674. The van der Waals surface area contributed by atoms with Gasteiger partial charge in [0.1, 0.15) is 5.75 Å². The third kappa shape index (κ3) is 2.72. The Balaban J connectivity index is 1.90. The standard InChI is InChI=1S/C15H12N2O2S2/c1-19-11-6-4-10(5-7-11)17-14(18)13(21-15(17)16)9-12-3-2-8-20-12/h2-9,16H,1H3/b13-9-,16-15?. The molecule has 1 N–H and O–H groups in total. The molecule has 0 radical (unpaired) electrons. The Morgan fingerprint density at radius 2 is 2.00 bits per heavy atom. The van der Waals surface area contributed by atoms with Gasteiger partial charge in [-0.1, -0.05) is 6.07 Å². The Morgan fingerprint density at radius 1 is 1.24 bits per heavy atom. The van der Waals surface area contributed by atoms with Crippen LogP contribution in [0.15, 0.2) is 46.7 Å². The summed E-state index contributed by atoms with van der Waals surface area (Å²) in [6.45, 7) is 0. The van der Waals surface area contributed by atoms with Crippen molar-refractivity contribution < 1.29 is 9.53 Å². The van der Waals surface area contributed by atoms with Gasteiger partial charge in [-0.05, 0) is 53.5 Å². The number of amidine groups is 1. The number of nitrogens with one attached hydrogen (secondary N) is 1. The lowest BCUT2D eigenvalue weighted by molar-refractivity contribution is -0.113. The van der Waals surface area contributed by atoms with Crippen LogP contribution in [-0.2, 0) is 4.79 Å². The van der Waals surface area contributed by atoms with Gasteiger partial charge in [0.05, 0.1) is 17.7 Å². The predicted octanol–water partition coefficient (Wildman–Crippen LogP) is 3.81. The molecule has 0 atom stereocenters. The number of nitrogens with zero attached hydrogens (tertiary/aromatic N) is 1. The topological polar surface area (TPSA) is 53.4 Å². The van der Waals surface area contributed by atoms with Gasteiger partial charge < -0.3 is 4.74 Å². The third-order valence-electron chi connectivity index (χ3n) is 2.97. The van der Waals surface area contributed by atoms with E-state index >= 15 is 0 Å². The molecule has 2 aromatic rings. The van der Waals surface area contributed by atoms with Crippen molar-refractivity contribution in [1.29, 1.82) is 5.41 Å². The molecular weight excluding hydrogens is 304 g/mol. The Morgan fingerprint density at radius 3 is 2.62 bits per heavy atom. The summed E-state index contributed by atoms with van der Waals surface area (Å²) in [4.78, 5) is 15.5. The zero-order valence-electron chi connectivity index (χ0n) is 11.2. The number of ether oxygens (including phenoxy) is 1. The smallest absolute Gasteiger partial charge is 0.271 e. The molecule has 1 amide bonds. The van der Waals surface area contributed by atoms with Crippen LogP contribution in [0.2, 0.25) is 0 Å². The maximum absolute atomic E-state index is 12.5. The molecule has 6 heteroatoms. The fourth-order valence-electron chi connectivity index (χ4n) is 1.96. The molecule has 1 fully saturated rings. The van der Waals surface area contributed by atoms with E-state index in [4.69, 9.17) is 10.1 Å². The lowest BCUT2D eigenvalue weighted by atomic mass is 10.2. The van der Waals surface area contributed by atoms with Gasteiger partial charge in [0.2, 0.25) is 0 Å². The van der Waals surface area contributed by atoms with E-state index in [1.807, 2.05) is 23.6 Å². The van der Waals surface area contributed by atoms with Crippen molar-refractivity contribution in [2.45, 2.75) is 0 Å². The predicted molar refractivity (Wildman–Crippen MR) is 88.1 cm³/mol. The zero-order valence-corrected chi connectivity index (χ0v) is 12.8. The lowest BCUT2D eigenvalue weighted by Gasteiger charge is -2.14. The van der Waals surface area contributed by atoms with Crippen LogP contribution in [-0.4, -0.2) is 18.2 Å². The minimum Gasteiger partial charge on any atom is -0.497 e. The molecule has 2 heterocycles. The SMILES string of the molecule is COc1ccc(N2C(=N)S/C(=C\c3cccs3)C2=O)cc1. The fourth-order valence-corrected chi connectivity index (χ4v) is 3.54. The average Bonchev–Trinajstić information content (AvgIpc) is 3.09. The first-order chi connectivity index (χ1) is 10.2. The van der Waals surface area contributed by atoms with E-state index in [9.17, 15) is 4.79 Å². The number of anilines is 1. The van der Waals surface area contributed by atoms with Crippen molar-refractivity contribution in [3.05, 3.63) is 51.6 Å². The summed E-state index contributed by atoms with van der Waals surface area (Å²) in [7, 11) is 1.59. The second-order valence-corrected chi connectivity index (χ2v) is 6.28. The van der Waals surface area contributed by atoms with Crippen LogP contribution in [0.1, 0.15) is 4.88 Å². The molecular formula is C15H12N2O2S2. The molecule has 0 saturated carbocycles. The number of rotatable bonds is 3. The Bertz CT molecular complexity index is 706. The highest BCUT2D eigenvalue weighted by Crippen LogP contribution is 2.36. The Labute approximate surface area is 130 Å². The molecule has 1 aromatic carbocycles. The molecule has 4 nitrogen and oxygen atoms in total. The number of carbonyl (C=O) groups excluding carboxylic acids is 1. The van der Waals surface area contributed by atoms with Crippen molar-refractivity contribution in [1.82, 2.24) is 0 Å². The quantitative estimate of drug-likeness (QED) is 0.876. The van der Waals surface area contributed by atoms with Crippen molar-refractivity contribution in [2.75, 3.05) is 12.0 Å². The van der Waals surface area contributed by atoms with Crippen molar-refractivity contribution in [2.24, 2.45) is 0 Å². The van der Waals surface area contributed by atoms with Crippen molar-refractivity contribution in [3.63, 3.8) is 0 Å². The number of hydrogen-bond acceptors (Lipinski definition) is 5. The third-order valence-corrected chi connectivity index (χ3v) is 4.68. The fraction of sp³-hybridized carbons (Fsp3) is 0.0667. The van der Waals surface area contributed by atoms with E-state index in [1.54, 1.807) is 42.7 Å². The number of methoxy groups -OCH3 is 1. The van der Waals surface area contributed by atoms with E-state index in [-0.39, 0.29) is 11.1 Å². The van der Waals surface area contributed by atoms with Gasteiger partial charge in [-0.2, -0.15) is 0 Å². The molecule has 1 aromatic heterocycles.